The molecule has 1 heterocycles. The molecule has 0 aliphatic rings. The third-order valence-electron chi connectivity index (χ3n) is 2.90. The van der Waals surface area contributed by atoms with Crippen LogP contribution in [0.2, 0.25) is 0 Å². The summed E-state index contributed by atoms with van der Waals surface area (Å²) < 4.78 is 2.10. The van der Waals surface area contributed by atoms with E-state index in [0.717, 1.165) is 31.0 Å². The van der Waals surface area contributed by atoms with Crippen molar-refractivity contribution in [2.24, 2.45) is 5.92 Å². The van der Waals surface area contributed by atoms with Crippen molar-refractivity contribution in [1.29, 1.82) is 0 Å². The number of imidazole rings is 1. The van der Waals surface area contributed by atoms with Gasteiger partial charge in [-0.1, -0.05) is 26.0 Å². The zero-order valence-corrected chi connectivity index (χ0v) is 11.5. The minimum Gasteiger partial charge on any atom is -0.508 e. The molecule has 2 rings (SSSR count). The minimum atomic E-state index is 0.303. The van der Waals surface area contributed by atoms with E-state index >= 15 is 0 Å². The van der Waals surface area contributed by atoms with Crippen LogP contribution in [0.25, 0.3) is 0 Å². The Morgan fingerprint density at radius 3 is 2.95 bits per heavy atom. The monoisotopic (exact) mass is 259 g/mol. The summed E-state index contributed by atoms with van der Waals surface area (Å²) in [6.07, 6.45) is 3.78. The summed E-state index contributed by atoms with van der Waals surface area (Å²) in [5.74, 6) is 1.95. The van der Waals surface area contributed by atoms with Crippen molar-refractivity contribution in [3.63, 3.8) is 0 Å². The Kier molecular flexibility index (Phi) is 4.58. The summed E-state index contributed by atoms with van der Waals surface area (Å²) in [6, 6.07) is 7.33. The maximum Gasteiger partial charge on any atom is 0.122 e. The molecule has 0 amide bonds. The van der Waals surface area contributed by atoms with E-state index in [1.807, 2.05) is 24.5 Å². The van der Waals surface area contributed by atoms with Crippen molar-refractivity contribution in [3.05, 3.63) is 48.0 Å². The van der Waals surface area contributed by atoms with Gasteiger partial charge in [0.15, 0.2) is 0 Å². The number of benzene rings is 1. The topological polar surface area (TPSA) is 50.1 Å². The van der Waals surface area contributed by atoms with Crippen LogP contribution in [0.15, 0.2) is 36.7 Å². The fourth-order valence-electron chi connectivity index (χ4n) is 1.98. The van der Waals surface area contributed by atoms with E-state index in [-0.39, 0.29) is 0 Å². The van der Waals surface area contributed by atoms with Gasteiger partial charge in [0.25, 0.3) is 0 Å². The van der Waals surface area contributed by atoms with Crippen LogP contribution >= 0.6 is 0 Å². The highest BCUT2D eigenvalue weighted by Gasteiger charge is 2.04. The molecule has 4 nitrogen and oxygen atoms in total. The van der Waals surface area contributed by atoms with Crippen LogP contribution in [0.1, 0.15) is 25.2 Å². The fourth-order valence-corrected chi connectivity index (χ4v) is 1.98. The number of nitrogens with one attached hydrogen (secondary N) is 1. The summed E-state index contributed by atoms with van der Waals surface area (Å²) in [5.41, 5.74) is 1.07. The first-order valence-corrected chi connectivity index (χ1v) is 6.64. The molecule has 2 aromatic rings. The summed E-state index contributed by atoms with van der Waals surface area (Å²) in [7, 11) is 0. The minimum absolute atomic E-state index is 0.303. The van der Waals surface area contributed by atoms with Gasteiger partial charge in [0.05, 0.1) is 6.54 Å². The molecular formula is C15H21N3O. The number of hydrogen-bond donors (Lipinski definition) is 2. The average molecular weight is 259 g/mol. The molecular weight excluding hydrogens is 238 g/mol. The summed E-state index contributed by atoms with van der Waals surface area (Å²) in [5, 5.41) is 12.9. The lowest BCUT2D eigenvalue weighted by Gasteiger charge is -2.10. The third kappa shape index (κ3) is 4.10. The lowest BCUT2D eigenvalue weighted by molar-refractivity contribution is 0.474. The summed E-state index contributed by atoms with van der Waals surface area (Å²) in [6.45, 7) is 6.86. The molecule has 1 aromatic heterocycles. The molecule has 4 heteroatoms. The van der Waals surface area contributed by atoms with Gasteiger partial charge >= 0.3 is 0 Å². The van der Waals surface area contributed by atoms with Gasteiger partial charge in [-0.2, -0.15) is 0 Å². The third-order valence-corrected chi connectivity index (χ3v) is 2.90. The first-order valence-electron chi connectivity index (χ1n) is 6.64. The Labute approximate surface area is 114 Å². The van der Waals surface area contributed by atoms with Gasteiger partial charge in [-0.25, -0.2) is 4.98 Å². The molecule has 0 radical (unpaired) electrons. The van der Waals surface area contributed by atoms with E-state index in [1.54, 1.807) is 12.1 Å². The highest BCUT2D eigenvalue weighted by atomic mass is 16.3. The molecule has 0 bridgehead atoms. The zero-order chi connectivity index (χ0) is 13.7. The van der Waals surface area contributed by atoms with Gasteiger partial charge in [0, 0.05) is 18.9 Å². The SMILES string of the molecule is CC(C)CNCc1nccn1Cc1cccc(O)c1. The van der Waals surface area contributed by atoms with E-state index in [1.165, 1.54) is 0 Å². The molecule has 0 atom stereocenters. The van der Waals surface area contributed by atoms with Crippen molar-refractivity contribution < 1.29 is 5.11 Å². The van der Waals surface area contributed by atoms with Crippen molar-refractivity contribution in [1.82, 2.24) is 14.9 Å². The van der Waals surface area contributed by atoms with Gasteiger partial charge in [-0.15, -0.1) is 0 Å². The molecule has 0 unspecified atom stereocenters. The molecule has 0 aliphatic heterocycles. The van der Waals surface area contributed by atoms with Crippen molar-refractivity contribution in [3.8, 4) is 5.75 Å². The Balaban J connectivity index is 1.99. The fraction of sp³-hybridized carbons (Fsp3) is 0.400. The number of aromatic hydroxyl groups is 1. The van der Waals surface area contributed by atoms with Crippen molar-refractivity contribution in [2.45, 2.75) is 26.9 Å². The first kappa shape index (κ1) is 13.6. The van der Waals surface area contributed by atoms with Crippen LogP contribution < -0.4 is 5.32 Å². The second kappa shape index (κ2) is 6.38. The van der Waals surface area contributed by atoms with E-state index in [2.05, 4.69) is 28.7 Å². The van der Waals surface area contributed by atoms with Crippen LogP contribution in [0.4, 0.5) is 0 Å². The van der Waals surface area contributed by atoms with E-state index in [9.17, 15) is 5.11 Å². The highest BCUT2D eigenvalue weighted by Crippen LogP contribution is 2.13. The number of aromatic nitrogens is 2. The Hall–Kier alpha value is -1.81. The number of hydrogen-bond acceptors (Lipinski definition) is 3. The summed E-state index contributed by atoms with van der Waals surface area (Å²) in [4.78, 5) is 4.37. The number of phenols is 1. The Morgan fingerprint density at radius 1 is 1.37 bits per heavy atom. The summed E-state index contributed by atoms with van der Waals surface area (Å²) >= 11 is 0. The molecule has 102 valence electrons. The van der Waals surface area contributed by atoms with Crippen molar-refractivity contribution in [2.75, 3.05) is 6.54 Å². The van der Waals surface area contributed by atoms with E-state index < -0.39 is 0 Å². The molecule has 0 spiro atoms. The van der Waals surface area contributed by atoms with Crippen LogP contribution in [0.3, 0.4) is 0 Å². The smallest absolute Gasteiger partial charge is 0.122 e. The van der Waals surface area contributed by atoms with Crippen LogP contribution in [-0.2, 0) is 13.1 Å². The van der Waals surface area contributed by atoms with Gasteiger partial charge in [0.1, 0.15) is 11.6 Å². The predicted molar refractivity (Wildman–Crippen MR) is 76.0 cm³/mol. The van der Waals surface area contributed by atoms with Crippen molar-refractivity contribution >= 4 is 0 Å². The average Bonchev–Trinajstić information content (AvgIpc) is 2.76. The van der Waals surface area contributed by atoms with Crippen LogP contribution in [0.5, 0.6) is 5.75 Å². The second-order valence-corrected chi connectivity index (χ2v) is 5.17. The standard InChI is InChI=1S/C15H21N3O/c1-12(2)9-16-10-15-17-6-7-18(15)11-13-4-3-5-14(19)8-13/h3-8,12,16,19H,9-11H2,1-2H3. The van der Waals surface area contributed by atoms with Gasteiger partial charge in [-0.3, -0.25) is 0 Å². The Bertz CT molecular complexity index is 520. The van der Waals surface area contributed by atoms with E-state index in [4.69, 9.17) is 0 Å². The molecule has 0 saturated carbocycles. The quantitative estimate of drug-likeness (QED) is 0.837. The molecule has 1 aromatic carbocycles. The molecule has 0 saturated heterocycles. The zero-order valence-electron chi connectivity index (χ0n) is 11.5. The van der Waals surface area contributed by atoms with Crippen LogP contribution in [0, 0.1) is 5.92 Å². The number of phenolic OH excluding ortho intramolecular Hbond substituents is 1. The molecule has 19 heavy (non-hydrogen) atoms. The lowest BCUT2D eigenvalue weighted by Crippen LogP contribution is -2.21. The van der Waals surface area contributed by atoms with E-state index in [0.29, 0.717) is 11.7 Å². The highest BCUT2D eigenvalue weighted by molar-refractivity contribution is 5.27. The first-order chi connectivity index (χ1) is 9.15. The van der Waals surface area contributed by atoms with Gasteiger partial charge in [-0.05, 0) is 30.2 Å². The maximum absolute atomic E-state index is 9.48. The normalized spacial score (nSPS) is 11.1. The molecule has 2 N–H and O–H groups in total. The predicted octanol–water partition coefficient (Wildman–Crippen LogP) is 2.38. The second-order valence-electron chi connectivity index (χ2n) is 5.17. The number of nitrogens with zero attached hydrogens (tertiary/aromatic N) is 2. The lowest BCUT2D eigenvalue weighted by atomic mass is 10.2. The molecule has 0 aliphatic carbocycles. The maximum atomic E-state index is 9.48. The number of rotatable bonds is 6. The van der Waals surface area contributed by atoms with Gasteiger partial charge < -0.3 is 15.0 Å². The van der Waals surface area contributed by atoms with Crippen LogP contribution in [-0.4, -0.2) is 21.2 Å². The van der Waals surface area contributed by atoms with Gasteiger partial charge in [0.2, 0.25) is 0 Å². The largest absolute Gasteiger partial charge is 0.508 e. The molecule has 0 fully saturated rings. The Morgan fingerprint density at radius 2 is 2.21 bits per heavy atom.